The van der Waals surface area contributed by atoms with Crippen molar-refractivity contribution in [2.24, 2.45) is 10.5 Å². The van der Waals surface area contributed by atoms with Crippen LogP contribution in [0.2, 0.25) is 0 Å². The van der Waals surface area contributed by atoms with Crippen molar-refractivity contribution < 1.29 is 62.9 Å². The van der Waals surface area contributed by atoms with Crippen LogP contribution in [0.25, 0.3) is 31.0 Å². The van der Waals surface area contributed by atoms with Gasteiger partial charge in [0.2, 0.25) is 17.7 Å². The number of likely N-dealkylation sites (tertiary alicyclic amines) is 1. The SMILES string of the molecule is Cc1ncsc1-c1ccc(C(C)NC(=O)C2CC(O)CN2C(=O)C(NC(=O)COCCOCCOCCOCCOc2ccc(C=NNC(=O)c3ccc(Oc4c(-c5ccc(O)cc5)sc5cc(O)ccc45)cc3)cc2)C(C)(C)C)cc1. The number of aromatic hydroxyl groups is 2. The molecule has 0 aliphatic carbocycles. The third-order valence-electron chi connectivity index (χ3n) is 13.3. The molecule has 19 nitrogen and oxygen atoms in total. The van der Waals surface area contributed by atoms with Gasteiger partial charge in [-0.05, 0) is 133 Å². The zero-order chi connectivity index (χ0) is 58.2. The summed E-state index contributed by atoms with van der Waals surface area (Å²) in [6.07, 6.45) is 0.715. The number of aliphatic hydroxyl groups excluding tert-OH is 1. The minimum Gasteiger partial charge on any atom is -0.508 e. The molecular formula is C61H68N6O13S2. The molecule has 1 fully saturated rings. The molecule has 2 aromatic heterocycles. The quantitative estimate of drug-likeness (QED) is 0.0160. The van der Waals surface area contributed by atoms with Crippen molar-refractivity contribution in [3.05, 3.63) is 143 Å². The number of nitrogens with zero attached hydrogens (tertiary/aromatic N) is 3. The van der Waals surface area contributed by atoms with Crippen molar-refractivity contribution in [1.82, 2.24) is 25.9 Å². The number of aromatic nitrogens is 1. The maximum atomic E-state index is 14.0. The number of aliphatic hydroxyl groups is 1. The standard InChI is InChI=1S/C61H68N6O13S2/c1-38(41-8-10-42(11-9-41)55-39(2)62-37-81-55)64-59(73)51-32-47(70)35-67(51)60(74)57(61(3,4)5)65-53(71)36-78-29-28-76-25-24-75-26-27-77-30-31-79-48-19-6-40(7-20-48)34-63-66-58(72)44-14-21-49(22-15-44)80-54-50-23-18-46(69)33-52(50)82-56(54)43-12-16-45(68)17-13-43/h6-23,33-34,37-38,47,51,57,68-70H,24-32,35-36H2,1-5H3,(H,64,73)(H,65,71)(H,66,72). The lowest BCUT2D eigenvalue weighted by molar-refractivity contribution is -0.144. The van der Waals surface area contributed by atoms with Gasteiger partial charge in [-0.15, -0.1) is 22.7 Å². The lowest BCUT2D eigenvalue weighted by Gasteiger charge is -2.35. The highest BCUT2D eigenvalue weighted by molar-refractivity contribution is 7.22. The third kappa shape index (κ3) is 16.7. The number of phenols is 2. The molecule has 4 atom stereocenters. The van der Waals surface area contributed by atoms with Crippen LogP contribution in [0.5, 0.6) is 28.7 Å². The van der Waals surface area contributed by atoms with Gasteiger partial charge in [-0.1, -0.05) is 45.0 Å². The summed E-state index contributed by atoms with van der Waals surface area (Å²) in [6, 6.07) is 31.4. The fraction of sp³-hybridized carbons (Fsp3) is 0.344. The Bertz CT molecular complexity index is 3270. The molecule has 1 saturated heterocycles. The molecule has 7 aromatic rings. The second-order valence-electron chi connectivity index (χ2n) is 20.5. The number of benzene rings is 5. The van der Waals surface area contributed by atoms with Crippen molar-refractivity contribution >= 4 is 62.6 Å². The summed E-state index contributed by atoms with van der Waals surface area (Å²) in [7, 11) is 0. The Labute approximate surface area is 483 Å². The molecule has 0 spiro atoms. The second-order valence-corrected chi connectivity index (χ2v) is 22.4. The highest BCUT2D eigenvalue weighted by Crippen LogP contribution is 2.47. The summed E-state index contributed by atoms with van der Waals surface area (Å²) >= 11 is 3.03. The van der Waals surface area contributed by atoms with Crippen LogP contribution in [0.3, 0.4) is 0 Å². The lowest BCUT2D eigenvalue weighted by Crippen LogP contribution is -2.58. The van der Waals surface area contributed by atoms with E-state index < -0.39 is 41.3 Å². The molecule has 0 bridgehead atoms. The van der Waals surface area contributed by atoms with E-state index in [4.69, 9.17) is 28.4 Å². The lowest BCUT2D eigenvalue weighted by atomic mass is 9.85. The molecule has 6 N–H and O–H groups in total. The minimum absolute atomic E-state index is 0.0334. The van der Waals surface area contributed by atoms with Crippen LogP contribution in [-0.2, 0) is 33.3 Å². The summed E-state index contributed by atoms with van der Waals surface area (Å²) in [5.74, 6) is 0.300. The average molecular weight is 1160 g/mol. The smallest absolute Gasteiger partial charge is 0.271 e. The summed E-state index contributed by atoms with van der Waals surface area (Å²) < 4.78 is 35.3. The van der Waals surface area contributed by atoms with E-state index in [1.807, 2.05) is 76.5 Å². The minimum atomic E-state index is -0.986. The van der Waals surface area contributed by atoms with Gasteiger partial charge in [0.1, 0.15) is 48.3 Å². The van der Waals surface area contributed by atoms with Crippen LogP contribution >= 0.6 is 22.7 Å². The number of aryl methyl sites for hydroxylation is 1. The zero-order valence-corrected chi connectivity index (χ0v) is 47.9. The van der Waals surface area contributed by atoms with Crippen LogP contribution in [0.4, 0.5) is 0 Å². The van der Waals surface area contributed by atoms with Crippen LogP contribution in [-0.4, -0.2) is 139 Å². The molecule has 0 saturated carbocycles. The number of nitrogens with one attached hydrogen (secondary N) is 3. The van der Waals surface area contributed by atoms with Crippen molar-refractivity contribution in [3.8, 4) is 49.6 Å². The van der Waals surface area contributed by atoms with E-state index in [0.29, 0.717) is 62.5 Å². The molecule has 0 radical (unpaired) electrons. The average Bonchev–Trinajstić information content (AvgIpc) is 4.30. The van der Waals surface area contributed by atoms with Gasteiger partial charge in [0, 0.05) is 28.6 Å². The van der Waals surface area contributed by atoms with Gasteiger partial charge in [-0.3, -0.25) is 19.2 Å². The summed E-state index contributed by atoms with van der Waals surface area (Å²) in [6.45, 7) is 11.3. The Morgan fingerprint density at radius 1 is 0.756 bits per heavy atom. The van der Waals surface area contributed by atoms with E-state index in [1.165, 1.54) is 22.5 Å². The van der Waals surface area contributed by atoms with E-state index in [1.54, 1.807) is 90.2 Å². The first kappa shape index (κ1) is 60.3. The molecule has 82 heavy (non-hydrogen) atoms. The topological polar surface area (TPSA) is 249 Å². The summed E-state index contributed by atoms with van der Waals surface area (Å²) in [4.78, 5) is 61.2. The second kappa shape index (κ2) is 28.8. The Morgan fingerprint density at radius 3 is 2.01 bits per heavy atom. The van der Waals surface area contributed by atoms with Crippen molar-refractivity contribution in [3.63, 3.8) is 0 Å². The maximum Gasteiger partial charge on any atom is 0.271 e. The molecule has 1 aliphatic rings. The highest BCUT2D eigenvalue weighted by atomic mass is 32.1. The number of carbonyl (C=O) groups is 4. The summed E-state index contributed by atoms with van der Waals surface area (Å²) in [5, 5.41) is 41.2. The van der Waals surface area contributed by atoms with Gasteiger partial charge in [0.25, 0.3) is 5.91 Å². The fourth-order valence-corrected chi connectivity index (χ4v) is 10.9. The zero-order valence-electron chi connectivity index (χ0n) is 46.3. The number of thiazole rings is 1. The van der Waals surface area contributed by atoms with E-state index in [9.17, 15) is 34.5 Å². The molecule has 1 aliphatic heterocycles. The first-order valence-electron chi connectivity index (χ1n) is 26.8. The number of carbonyl (C=O) groups excluding carboxylic acids is 4. The number of β-amino-alcohol motifs (C(OH)–C–C–N with tert-alkyl or cyclic N) is 1. The fourth-order valence-electron chi connectivity index (χ4n) is 8.90. The number of hydrogen-bond acceptors (Lipinski definition) is 17. The van der Waals surface area contributed by atoms with Crippen molar-refractivity contribution in [2.45, 2.75) is 65.3 Å². The number of phenolic OH excluding ortho intramolecular Hbond substituents is 2. The van der Waals surface area contributed by atoms with Crippen LogP contribution in [0.1, 0.15) is 67.3 Å². The van der Waals surface area contributed by atoms with Gasteiger partial charge >= 0.3 is 0 Å². The Hall–Kier alpha value is -7.76. The number of hydrazone groups is 1. The van der Waals surface area contributed by atoms with Gasteiger partial charge in [0.15, 0.2) is 5.75 Å². The van der Waals surface area contributed by atoms with Crippen LogP contribution < -0.4 is 25.5 Å². The van der Waals surface area contributed by atoms with E-state index in [2.05, 4.69) is 26.1 Å². The molecule has 5 aromatic carbocycles. The normalized spacial score (nSPS) is 15.1. The summed E-state index contributed by atoms with van der Waals surface area (Å²) in [5.41, 5.74) is 8.49. The number of amides is 4. The van der Waals surface area contributed by atoms with Crippen molar-refractivity contribution in [1.29, 1.82) is 0 Å². The van der Waals surface area contributed by atoms with Gasteiger partial charge in [-0.2, -0.15) is 5.10 Å². The van der Waals surface area contributed by atoms with Gasteiger partial charge < -0.3 is 59.3 Å². The van der Waals surface area contributed by atoms with E-state index >= 15 is 0 Å². The van der Waals surface area contributed by atoms with Crippen molar-refractivity contribution in [2.75, 3.05) is 66.0 Å². The molecular weight excluding hydrogens is 1090 g/mol. The highest BCUT2D eigenvalue weighted by Gasteiger charge is 2.44. The van der Waals surface area contributed by atoms with Gasteiger partial charge in [-0.25, -0.2) is 10.4 Å². The number of rotatable bonds is 27. The van der Waals surface area contributed by atoms with Crippen LogP contribution in [0.15, 0.2) is 126 Å². The maximum absolute atomic E-state index is 14.0. The number of ether oxygens (including phenoxy) is 6. The predicted molar refractivity (Wildman–Crippen MR) is 314 cm³/mol. The Morgan fingerprint density at radius 2 is 1.37 bits per heavy atom. The van der Waals surface area contributed by atoms with E-state index in [-0.39, 0.29) is 56.2 Å². The third-order valence-corrected chi connectivity index (χ3v) is 15.4. The Balaban J connectivity index is 0.651. The van der Waals surface area contributed by atoms with Gasteiger partial charge in [0.05, 0.1) is 85.6 Å². The van der Waals surface area contributed by atoms with Crippen LogP contribution in [0, 0.1) is 12.3 Å². The molecule has 4 amide bonds. The number of hydrogen-bond donors (Lipinski definition) is 6. The molecule has 432 valence electrons. The molecule has 8 rings (SSSR count). The van der Waals surface area contributed by atoms with E-state index in [0.717, 1.165) is 47.8 Å². The molecule has 4 unspecified atom stereocenters. The number of fused-ring (bicyclic) bond motifs is 1. The predicted octanol–water partition coefficient (Wildman–Crippen LogP) is 8.78. The first-order chi connectivity index (χ1) is 39.5. The Kier molecular flexibility index (Phi) is 21.2. The monoisotopic (exact) mass is 1160 g/mol. The largest absolute Gasteiger partial charge is 0.508 e. The molecule has 3 heterocycles. The first-order valence-corrected chi connectivity index (χ1v) is 28.5. The number of thiophene rings is 1. The molecule has 21 heteroatoms.